The second kappa shape index (κ2) is 7.95. The third kappa shape index (κ3) is 3.74. The molecule has 1 aromatic carbocycles. The quantitative estimate of drug-likeness (QED) is 0.754. The summed E-state index contributed by atoms with van der Waals surface area (Å²) in [5, 5.41) is 0. The Labute approximate surface area is 171 Å². The molecule has 0 saturated carbocycles. The SMILES string of the molecule is CCOc1ccc(CN2CCN(C(=O)C3CSC4(C)CCC(=O)N34)CC2)cc1. The summed E-state index contributed by atoms with van der Waals surface area (Å²) in [6.45, 7) is 8.84. The third-order valence-electron chi connectivity index (χ3n) is 6.05. The van der Waals surface area contributed by atoms with Crippen LogP contribution in [0.1, 0.15) is 32.3 Å². The fourth-order valence-corrected chi connectivity index (χ4v) is 5.88. The molecular weight excluding hydrogens is 374 g/mol. The Bertz CT molecular complexity index is 733. The van der Waals surface area contributed by atoms with E-state index in [-0.39, 0.29) is 22.7 Å². The Kier molecular flexibility index (Phi) is 5.56. The van der Waals surface area contributed by atoms with Gasteiger partial charge in [-0.05, 0) is 38.0 Å². The van der Waals surface area contributed by atoms with E-state index in [1.165, 1.54) is 5.56 Å². The first-order chi connectivity index (χ1) is 13.5. The standard InChI is InChI=1S/C21H29N3O3S/c1-3-27-17-6-4-16(5-7-17)14-22-10-12-23(13-11-22)20(26)18-15-28-21(2)9-8-19(25)24(18)21/h4-7,18H,3,8-15H2,1-2H3. The Balaban J connectivity index is 1.30. The van der Waals surface area contributed by atoms with Crippen LogP contribution in [0, 0.1) is 0 Å². The van der Waals surface area contributed by atoms with Gasteiger partial charge < -0.3 is 14.5 Å². The third-order valence-corrected chi connectivity index (χ3v) is 7.56. The zero-order valence-electron chi connectivity index (χ0n) is 16.7. The van der Waals surface area contributed by atoms with E-state index in [9.17, 15) is 9.59 Å². The van der Waals surface area contributed by atoms with Crippen molar-refractivity contribution in [1.82, 2.24) is 14.7 Å². The lowest BCUT2D eigenvalue weighted by Crippen LogP contribution is -2.56. The maximum atomic E-state index is 13.1. The van der Waals surface area contributed by atoms with Gasteiger partial charge in [-0.3, -0.25) is 14.5 Å². The summed E-state index contributed by atoms with van der Waals surface area (Å²) >= 11 is 1.76. The monoisotopic (exact) mass is 403 g/mol. The summed E-state index contributed by atoms with van der Waals surface area (Å²) in [7, 11) is 0. The summed E-state index contributed by atoms with van der Waals surface area (Å²) in [4.78, 5) is 31.4. The summed E-state index contributed by atoms with van der Waals surface area (Å²) in [6, 6.07) is 7.97. The van der Waals surface area contributed by atoms with Gasteiger partial charge in [-0.2, -0.15) is 0 Å². The van der Waals surface area contributed by atoms with Crippen molar-refractivity contribution in [3.05, 3.63) is 29.8 Å². The molecule has 0 radical (unpaired) electrons. The van der Waals surface area contributed by atoms with Crippen molar-refractivity contribution < 1.29 is 14.3 Å². The molecule has 6 nitrogen and oxygen atoms in total. The van der Waals surface area contributed by atoms with E-state index in [1.54, 1.807) is 11.8 Å². The molecule has 2 unspecified atom stereocenters. The van der Waals surface area contributed by atoms with E-state index in [4.69, 9.17) is 4.74 Å². The van der Waals surface area contributed by atoms with E-state index >= 15 is 0 Å². The molecule has 3 saturated heterocycles. The molecular formula is C21H29N3O3S. The molecule has 3 heterocycles. The fourth-order valence-electron chi connectivity index (χ4n) is 4.46. The molecule has 7 heteroatoms. The van der Waals surface area contributed by atoms with E-state index in [2.05, 4.69) is 24.0 Å². The number of amides is 2. The number of hydrogen-bond acceptors (Lipinski definition) is 5. The largest absolute Gasteiger partial charge is 0.494 e. The average Bonchev–Trinajstić information content (AvgIpc) is 3.19. The number of carbonyl (C=O) groups is 2. The smallest absolute Gasteiger partial charge is 0.246 e. The number of nitrogens with zero attached hydrogens (tertiary/aromatic N) is 3. The number of fused-ring (bicyclic) bond motifs is 1. The number of thioether (sulfide) groups is 1. The topological polar surface area (TPSA) is 53.1 Å². The molecule has 3 aliphatic rings. The van der Waals surface area contributed by atoms with Crippen LogP contribution < -0.4 is 4.74 Å². The number of carbonyl (C=O) groups excluding carboxylic acids is 2. The van der Waals surface area contributed by atoms with Gasteiger partial charge in [0.25, 0.3) is 0 Å². The van der Waals surface area contributed by atoms with Gasteiger partial charge in [-0.1, -0.05) is 12.1 Å². The summed E-state index contributed by atoms with van der Waals surface area (Å²) in [6.07, 6.45) is 1.43. The highest BCUT2D eigenvalue weighted by molar-refractivity contribution is 8.01. The minimum Gasteiger partial charge on any atom is -0.494 e. The van der Waals surface area contributed by atoms with Gasteiger partial charge in [0.2, 0.25) is 11.8 Å². The first-order valence-electron chi connectivity index (χ1n) is 10.2. The van der Waals surface area contributed by atoms with Gasteiger partial charge in [0.05, 0.1) is 11.5 Å². The second-order valence-electron chi connectivity index (χ2n) is 7.94. The fraction of sp³-hybridized carbons (Fsp3) is 0.619. The van der Waals surface area contributed by atoms with E-state index < -0.39 is 0 Å². The van der Waals surface area contributed by atoms with Crippen molar-refractivity contribution in [2.24, 2.45) is 0 Å². The number of hydrogen-bond donors (Lipinski definition) is 0. The molecule has 0 spiro atoms. The Hall–Kier alpha value is -1.73. The van der Waals surface area contributed by atoms with Crippen LogP contribution in [0.3, 0.4) is 0 Å². The van der Waals surface area contributed by atoms with Crippen molar-refractivity contribution >= 4 is 23.6 Å². The molecule has 152 valence electrons. The highest BCUT2D eigenvalue weighted by atomic mass is 32.2. The number of piperazine rings is 1. The Morgan fingerprint density at radius 1 is 1.21 bits per heavy atom. The summed E-state index contributed by atoms with van der Waals surface area (Å²) in [5.74, 6) is 1.90. The lowest BCUT2D eigenvalue weighted by Gasteiger charge is -2.38. The second-order valence-corrected chi connectivity index (χ2v) is 9.45. The Morgan fingerprint density at radius 3 is 2.61 bits per heavy atom. The van der Waals surface area contributed by atoms with Gasteiger partial charge in [-0.25, -0.2) is 0 Å². The van der Waals surface area contributed by atoms with Gasteiger partial charge in [0.15, 0.2) is 0 Å². The first-order valence-corrected chi connectivity index (χ1v) is 11.2. The normalized spacial score (nSPS) is 27.9. The molecule has 2 amide bonds. The number of benzene rings is 1. The summed E-state index contributed by atoms with van der Waals surface area (Å²) < 4.78 is 5.50. The number of ether oxygens (including phenoxy) is 1. The van der Waals surface area contributed by atoms with E-state index in [0.29, 0.717) is 13.0 Å². The van der Waals surface area contributed by atoms with Gasteiger partial charge in [0, 0.05) is 44.9 Å². The highest BCUT2D eigenvalue weighted by Crippen LogP contribution is 2.47. The van der Waals surface area contributed by atoms with Crippen LogP contribution in [0.4, 0.5) is 0 Å². The molecule has 2 atom stereocenters. The van der Waals surface area contributed by atoms with Crippen LogP contribution >= 0.6 is 11.8 Å². The number of rotatable bonds is 5. The molecule has 1 aromatic rings. The molecule has 4 rings (SSSR count). The minimum atomic E-state index is -0.275. The molecule has 28 heavy (non-hydrogen) atoms. The molecule has 0 aromatic heterocycles. The van der Waals surface area contributed by atoms with Crippen LogP contribution in [0.5, 0.6) is 5.75 Å². The molecule has 0 aliphatic carbocycles. The van der Waals surface area contributed by atoms with Gasteiger partial charge in [-0.15, -0.1) is 11.8 Å². The van der Waals surface area contributed by atoms with Crippen LogP contribution in [0.2, 0.25) is 0 Å². The van der Waals surface area contributed by atoms with Crippen molar-refractivity contribution in [1.29, 1.82) is 0 Å². The zero-order chi connectivity index (χ0) is 19.7. The lowest BCUT2D eigenvalue weighted by molar-refractivity contribution is -0.144. The van der Waals surface area contributed by atoms with E-state index in [0.717, 1.165) is 50.6 Å². The zero-order valence-corrected chi connectivity index (χ0v) is 17.5. The maximum absolute atomic E-state index is 13.1. The minimum absolute atomic E-state index is 0.132. The van der Waals surface area contributed by atoms with Crippen LogP contribution in [-0.2, 0) is 16.1 Å². The van der Waals surface area contributed by atoms with Crippen LogP contribution in [0.15, 0.2) is 24.3 Å². The van der Waals surface area contributed by atoms with Crippen molar-refractivity contribution in [3.8, 4) is 5.75 Å². The molecule has 3 aliphatic heterocycles. The molecule has 0 N–H and O–H groups in total. The first kappa shape index (κ1) is 19.6. The van der Waals surface area contributed by atoms with Gasteiger partial charge in [0.1, 0.15) is 11.8 Å². The van der Waals surface area contributed by atoms with Crippen molar-refractivity contribution in [3.63, 3.8) is 0 Å². The van der Waals surface area contributed by atoms with Crippen LogP contribution in [0.25, 0.3) is 0 Å². The van der Waals surface area contributed by atoms with E-state index in [1.807, 2.05) is 28.9 Å². The van der Waals surface area contributed by atoms with Crippen molar-refractivity contribution in [2.45, 2.75) is 44.1 Å². The maximum Gasteiger partial charge on any atom is 0.246 e. The molecule has 0 bridgehead atoms. The predicted octanol–water partition coefficient (Wildman–Crippen LogP) is 2.18. The lowest BCUT2D eigenvalue weighted by atomic mass is 10.1. The van der Waals surface area contributed by atoms with Crippen LogP contribution in [-0.4, -0.2) is 76.0 Å². The molecule has 3 fully saturated rings. The van der Waals surface area contributed by atoms with Crippen molar-refractivity contribution in [2.75, 3.05) is 38.5 Å². The Morgan fingerprint density at radius 2 is 1.93 bits per heavy atom. The predicted molar refractivity (Wildman–Crippen MR) is 110 cm³/mol. The van der Waals surface area contributed by atoms with Gasteiger partial charge >= 0.3 is 0 Å². The summed E-state index contributed by atoms with van der Waals surface area (Å²) in [5.41, 5.74) is 1.26. The average molecular weight is 404 g/mol. The highest BCUT2D eigenvalue weighted by Gasteiger charge is 2.53.